The van der Waals surface area contributed by atoms with Gasteiger partial charge in [-0.05, 0) is 12.8 Å². The Morgan fingerprint density at radius 1 is 1.39 bits per heavy atom. The second kappa shape index (κ2) is 5.20. The third kappa shape index (κ3) is 2.69. The van der Waals surface area contributed by atoms with Crippen molar-refractivity contribution in [1.29, 1.82) is 0 Å². The van der Waals surface area contributed by atoms with Gasteiger partial charge in [0.05, 0.1) is 17.1 Å². The van der Waals surface area contributed by atoms with Crippen LogP contribution >= 0.6 is 0 Å². The minimum atomic E-state index is -0.434. The topological polar surface area (TPSA) is 85.3 Å². The maximum absolute atomic E-state index is 10.8. The molecule has 0 amide bonds. The van der Waals surface area contributed by atoms with E-state index in [-0.39, 0.29) is 11.5 Å². The lowest BCUT2D eigenvalue weighted by Crippen LogP contribution is -2.34. The van der Waals surface area contributed by atoms with Crippen molar-refractivity contribution in [1.82, 2.24) is 4.98 Å². The van der Waals surface area contributed by atoms with Gasteiger partial charge in [-0.25, -0.2) is 4.98 Å². The number of nitrogens with zero attached hydrogens (tertiary/aromatic N) is 3. The van der Waals surface area contributed by atoms with Gasteiger partial charge in [-0.3, -0.25) is 10.1 Å². The van der Waals surface area contributed by atoms with Crippen LogP contribution in [0.25, 0.3) is 0 Å². The van der Waals surface area contributed by atoms with E-state index >= 15 is 0 Å². The number of nitrogen functional groups attached to an aromatic ring is 1. The maximum Gasteiger partial charge on any atom is 0.276 e. The highest BCUT2D eigenvalue weighted by Crippen LogP contribution is 2.27. The number of aromatic nitrogens is 1. The standard InChI is InChI=1S/C12H18N4O2/c1-15(9-5-3-2-4-6-9)12-8-10(16(17)18)7-11(13)14-12/h7-9H,2-6H2,1H3,(H2,13,14). The Kier molecular flexibility index (Phi) is 3.64. The average Bonchev–Trinajstić information content (AvgIpc) is 2.38. The van der Waals surface area contributed by atoms with Crippen molar-refractivity contribution in [2.24, 2.45) is 0 Å². The Morgan fingerprint density at radius 2 is 2.06 bits per heavy atom. The van der Waals surface area contributed by atoms with E-state index < -0.39 is 4.92 Å². The van der Waals surface area contributed by atoms with Crippen LogP contribution in [0.3, 0.4) is 0 Å². The molecule has 0 bridgehead atoms. The van der Waals surface area contributed by atoms with Gasteiger partial charge in [-0.15, -0.1) is 0 Å². The number of pyridine rings is 1. The Balaban J connectivity index is 2.23. The number of nitro groups is 1. The quantitative estimate of drug-likeness (QED) is 0.657. The van der Waals surface area contributed by atoms with Gasteiger partial charge >= 0.3 is 0 Å². The Bertz CT molecular complexity index is 444. The van der Waals surface area contributed by atoms with Crippen LogP contribution in [0.1, 0.15) is 32.1 Å². The van der Waals surface area contributed by atoms with Crippen molar-refractivity contribution in [2.45, 2.75) is 38.1 Å². The fourth-order valence-electron chi connectivity index (χ4n) is 2.46. The van der Waals surface area contributed by atoms with E-state index in [0.29, 0.717) is 11.9 Å². The molecule has 6 nitrogen and oxygen atoms in total. The van der Waals surface area contributed by atoms with E-state index in [9.17, 15) is 10.1 Å². The lowest BCUT2D eigenvalue weighted by Gasteiger charge is -2.32. The van der Waals surface area contributed by atoms with Gasteiger partial charge in [0.15, 0.2) is 0 Å². The highest BCUT2D eigenvalue weighted by molar-refractivity contribution is 5.54. The van der Waals surface area contributed by atoms with Crippen molar-refractivity contribution in [3.63, 3.8) is 0 Å². The Labute approximate surface area is 106 Å². The molecule has 1 aromatic heterocycles. The summed E-state index contributed by atoms with van der Waals surface area (Å²) in [5.74, 6) is 0.787. The van der Waals surface area contributed by atoms with E-state index in [1.165, 1.54) is 31.4 Å². The van der Waals surface area contributed by atoms with Gasteiger partial charge in [-0.1, -0.05) is 19.3 Å². The SMILES string of the molecule is CN(c1cc([N+](=O)[O-])cc(N)n1)C1CCCCC1. The normalized spacial score (nSPS) is 16.5. The zero-order valence-electron chi connectivity index (χ0n) is 10.5. The first-order chi connectivity index (χ1) is 8.58. The fraction of sp³-hybridized carbons (Fsp3) is 0.583. The van der Waals surface area contributed by atoms with Gasteiger partial charge in [0.1, 0.15) is 11.6 Å². The fourth-order valence-corrected chi connectivity index (χ4v) is 2.46. The summed E-state index contributed by atoms with van der Waals surface area (Å²) in [6.07, 6.45) is 5.91. The molecule has 0 radical (unpaired) electrons. The molecule has 0 atom stereocenters. The molecule has 1 fully saturated rings. The summed E-state index contributed by atoms with van der Waals surface area (Å²) in [6.45, 7) is 0. The summed E-state index contributed by atoms with van der Waals surface area (Å²) < 4.78 is 0. The van der Waals surface area contributed by atoms with Crippen LogP contribution in [0.15, 0.2) is 12.1 Å². The second-order valence-electron chi connectivity index (χ2n) is 4.77. The monoisotopic (exact) mass is 250 g/mol. The lowest BCUT2D eigenvalue weighted by atomic mass is 9.94. The van der Waals surface area contributed by atoms with Crippen molar-refractivity contribution in [3.8, 4) is 0 Å². The van der Waals surface area contributed by atoms with Crippen molar-refractivity contribution >= 4 is 17.3 Å². The molecule has 1 heterocycles. The van der Waals surface area contributed by atoms with Crippen molar-refractivity contribution in [2.75, 3.05) is 17.7 Å². The van der Waals surface area contributed by atoms with Crippen LogP contribution in [0.5, 0.6) is 0 Å². The summed E-state index contributed by atoms with van der Waals surface area (Å²) in [5, 5.41) is 10.8. The van der Waals surface area contributed by atoms with Crippen LogP contribution in [-0.2, 0) is 0 Å². The molecule has 98 valence electrons. The molecule has 0 aromatic carbocycles. The van der Waals surface area contributed by atoms with E-state index in [4.69, 9.17) is 5.73 Å². The van der Waals surface area contributed by atoms with Crippen LogP contribution < -0.4 is 10.6 Å². The number of nitrogens with two attached hydrogens (primary N) is 1. The third-order valence-electron chi connectivity index (χ3n) is 3.51. The van der Waals surface area contributed by atoms with E-state index in [0.717, 1.165) is 12.8 Å². The number of hydrogen-bond acceptors (Lipinski definition) is 5. The minimum absolute atomic E-state index is 0.000148. The molecular weight excluding hydrogens is 232 g/mol. The minimum Gasteiger partial charge on any atom is -0.383 e. The zero-order chi connectivity index (χ0) is 13.1. The van der Waals surface area contributed by atoms with Crippen LogP contribution in [0, 0.1) is 10.1 Å². The molecule has 2 N–H and O–H groups in total. The number of hydrogen-bond donors (Lipinski definition) is 1. The first-order valence-corrected chi connectivity index (χ1v) is 6.22. The van der Waals surface area contributed by atoms with Crippen LogP contribution in [0.4, 0.5) is 17.3 Å². The van der Waals surface area contributed by atoms with Crippen molar-refractivity contribution < 1.29 is 4.92 Å². The van der Waals surface area contributed by atoms with Gasteiger partial charge in [0.25, 0.3) is 5.69 Å². The number of anilines is 2. The Hall–Kier alpha value is -1.85. The van der Waals surface area contributed by atoms with E-state index in [1.807, 2.05) is 11.9 Å². The van der Waals surface area contributed by atoms with Crippen LogP contribution in [0.2, 0.25) is 0 Å². The largest absolute Gasteiger partial charge is 0.383 e. The molecule has 1 saturated carbocycles. The summed E-state index contributed by atoms with van der Waals surface area (Å²) in [6, 6.07) is 3.19. The lowest BCUT2D eigenvalue weighted by molar-refractivity contribution is -0.384. The smallest absolute Gasteiger partial charge is 0.276 e. The molecule has 0 spiro atoms. The Morgan fingerprint density at radius 3 is 2.67 bits per heavy atom. The maximum atomic E-state index is 10.8. The molecule has 1 aromatic rings. The second-order valence-corrected chi connectivity index (χ2v) is 4.77. The first-order valence-electron chi connectivity index (χ1n) is 6.22. The summed E-state index contributed by atoms with van der Waals surface area (Å²) in [5.41, 5.74) is 5.62. The molecule has 1 aliphatic carbocycles. The molecule has 0 aliphatic heterocycles. The van der Waals surface area contributed by atoms with Crippen LogP contribution in [-0.4, -0.2) is 23.0 Å². The van der Waals surface area contributed by atoms with Gasteiger partial charge in [0, 0.05) is 13.1 Å². The number of rotatable bonds is 3. The van der Waals surface area contributed by atoms with Gasteiger partial charge in [0.2, 0.25) is 0 Å². The highest BCUT2D eigenvalue weighted by atomic mass is 16.6. The summed E-state index contributed by atoms with van der Waals surface area (Å²) in [4.78, 5) is 16.6. The molecule has 0 saturated heterocycles. The first kappa shape index (κ1) is 12.6. The van der Waals surface area contributed by atoms with Gasteiger partial charge in [-0.2, -0.15) is 0 Å². The molecule has 0 unspecified atom stereocenters. The molecule has 18 heavy (non-hydrogen) atoms. The summed E-state index contributed by atoms with van der Waals surface area (Å²) in [7, 11) is 1.93. The van der Waals surface area contributed by atoms with E-state index in [2.05, 4.69) is 4.98 Å². The predicted molar refractivity (Wildman–Crippen MR) is 70.6 cm³/mol. The third-order valence-corrected chi connectivity index (χ3v) is 3.51. The molecule has 2 rings (SSSR count). The predicted octanol–water partition coefficient (Wildman–Crippen LogP) is 2.34. The highest BCUT2D eigenvalue weighted by Gasteiger charge is 2.21. The average molecular weight is 250 g/mol. The van der Waals surface area contributed by atoms with Crippen molar-refractivity contribution in [3.05, 3.63) is 22.2 Å². The zero-order valence-corrected chi connectivity index (χ0v) is 10.5. The van der Waals surface area contributed by atoms with E-state index in [1.54, 1.807) is 0 Å². The summed E-state index contributed by atoms with van der Waals surface area (Å²) >= 11 is 0. The molecule has 6 heteroatoms. The van der Waals surface area contributed by atoms with Gasteiger partial charge < -0.3 is 10.6 Å². The molecular formula is C12H18N4O2. The molecule has 1 aliphatic rings.